The molecule has 37 heavy (non-hydrogen) atoms. The maximum absolute atomic E-state index is 14.5. The highest BCUT2D eigenvalue weighted by molar-refractivity contribution is 5.79. The Bertz CT molecular complexity index is 981. The number of ether oxygens (including phenoxy) is 1. The lowest BCUT2D eigenvalue weighted by Gasteiger charge is -2.32. The molecule has 1 saturated heterocycles. The number of carbonyl (C=O) groups is 1. The van der Waals surface area contributed by atoms with Gasteiger partial charge in [-0.3, -0.25) is 4.79 Å². The monoisotopic (exact) mass is 522 g/mol. The first kappa shape index (κ1) is 28.7. The number of aryl methyl sites for hydroxylation is 1. The van der Waals surface area contributed by atoms with Crippen molar-refractivity contribution in [2.24, 2.45) is 5.92 Å². The number of halogens is 2. The fourth-order valence-electron chi connectivity index (χ4n) is 4.28. The molecule has 2 heterocycles. The molecule has 2 aromatic rings. The Kier molecular flexibility index (Phi) is 10.5. The second-order valence-electron chi connectivity index (χ2n) is 9.51. The first-order valence-electron chi connectivity index (χ1n) is 12.6. The zero-order valence-corrected chi connectivity index (χ0v) is 21.1. The van der Waals surface area contributed by atoms with Crippen LogP contribution in [0.2, 0.25) is 0 Å². The zero-order valence-electron chi connectivity index (χ0n) is 21.1. The number of nitrogens with zero attached hydrogens (tertiary/aromatic N) is 3. The molecule has 1 aromatic heterocycles. The van der Waals surface area contributed by atoms with Crippen molar-refractivity contribution in [1.29, 1.82) is 0 Å². The molecule has 11 heteroatoms. The second kappa shape index (κ2) is 13.6. The van der Waals surface area contributed by atoms with Crippen LogP contribution >= 0.6 is 0 Å². The van der Waals surface area contributed by atoms with Crippen molar-refractivity contribution >= 4 is 11.9 Å². The van der Waals surface area contributed by atoms with E-state index in [1.54, 1.807) is 0 Å². The number of aliphatic hydroxyl groups is 3. The van der Waals surface area contributed by atoms with Crippen LogP contribution in [0.1, 0.15) is 43.7 Å². The van der Waals surface area contributed by atoms with Crippen LogP contribution in [0.5, 0.6) is 5.75 Å². The number of aliphatic hydroxyl groups excluding tert-OH is 3. The van der Waals surface area contributed by atoms with Gasteiger partial charge in [0.1, 0.15) is 22.9 Å². The molecule has 9 nitrogen and oxygen atoms in total. The average molecular weight is 523 g/mol. The van der Waals surface area contributed by atoms with Crippen LogP contribution in [0.4, 0.5) is 14.7 Å². The van der Waals surface area contributed by atoms with E-state index < -0.39 is 54.9 Å². The van der Waals surface area contributed by atoms with E-state index in [1.165, 1.54) is 0 Å². The molecule has 1 aromatic carbocycles. The first-order valence-corrected chi connectivity index (χ1v) is 12.6. The molecule has 0 spiro atoms. The Balaban J connectivity index is 1.42. The lowest BCUT2D eigenvalue weighted by atomic mass is 9.92. The smallest absolute Gasteiger partial charge is 0.225 e. The van der Waals surface area contributed by atoms with E-state index in [2.05, 4.69) is 27.1 Å². The van der Waals surface area contributed by atoms with Gasteiger partial charge in [-0.15, -0.1) is 0 Å². The molecule has 0 unspecified atom stereocenters. The molecule has 1 amide bonds. The van der Waals surface area contributed by atoms with Gasteiger partial charge in [0.05, 0.1) is 32.8 Å². The number of aromatic nitrogens is 2. The predicted molar refractivity (Wildman–Crippen MR) is 133 cm³/mol. The number of anilines is 1. The maximum atomic E-state index is 14.5. The van der Waals surface area contributed by atoms with Crippen molar-refractivity contribution in [3.05, 3.63) is 47.3 Å². The molecule has 4 N–H and O–H groups in total. The predicted octanol–water partition coefficient (Wildman–Crippen LogP) is 1.77. The second-order valence-corrected chi connectivity index (χ2v) is 9.51. The van der Waals surface area contributed by atoms with E-state index in [-0.39, 0.29) is 5.75 Å². The van der Waals surface area contributed by atoms with E-state index in [0.29, 0.717) is 12.5 Å². The molecular weight excluding hydrogens is 486 g/mol. The number of carbonyl (C=O) groups excluding carboxylic acids is 1. The number of nitrogens with one attached hydrogen (secondary N) is 1. The number of amides is 1. The normalized spacial score (nSPS) is 14.6. The SMILES string of the molecule is CCc1cnc(N2CCC(CCCOc3cc(F)c(CC(=O)NC(CO)(CO)CO)c(F)c3)CC2)nc1. The van der Waals surface area contributed by atoms with E-state index in [9.17, 15) is 28.9 Å². The molecule has 204 valence electrons. The van der Waals surface area contributed by atoms with Crippen molar-refractivity contribution in [3.63, 3.8) is 0 Å². The summed E-state index contributed by atoms with van der Waals surface area (Å²) in [7, 11) is 0. The topological polar surface area (TPSA) is 128 Å². The summed E-state index contributed by atoms with van der Waals surface area (Å²) in [5, 5.41) is 30.1. The fourth-order valence-corrected chi connectivity index (χ4v) is 4.28. The van der Waals surface area contributed by atoms with Crippen molar-refractivity contribution in [1.82, 2.24) is 15.3 Å². The number of hydrogen-bond donors (Lipinski definition) is 4. The van der Waals surface area contributed by atoms with Crippen molar-refractivity contribution < 1.29 is 33.6 Å². The summed E-state index contributed by atoms with van der Waals surface area (Å²) >= 11 is 0. The minimum absolute atomic E-state index is 0.0390. The number of piperidine rings is 1. The summed E-state index contributed by atoms with van der Waals surface area (Å²) < 4.78 is 34.6. The molecule has 0 radical (unpaired) electrons. The molecule has 0 bridgehead atoms. The Hall–Kier alpha value is -2.89. The van der Waals surface area contributed by atoms with Gasteiger partial charge in [-0.25, -0.2) is 18.7 Å². The van der Waals surface area contributed by atoms with Gasteiger partial charge in [-0.2, -0.15) is 0 Å². The minimum Gasteiger partial charge on any atom is -0.493 e. The van der Waals surface area contributed by atoms with Crippen molar-refractivity contribution in [2.75, 3.05) is 44.4 Å². The third-order valence-electron chi connectivity index (χ3n) is 6.79. The van der Waals surface area contributed by atoms with Crippen LogP contribution in [0.15, 0.2) is 24.5 Å². The van der Waals surface area contributed by atoms with Crippen molar-refractivity contribution in [2.45, 2.75) is 51.0 Å². The summed E-state index contributed by atoms with van der Waals surface area (Å²) in [4.78, 5) is 23.3. The molecule has 1 aliphatic rings. The van der Waals surface area contributed by atoms with Crippen LogP contribution in [0.25, 0.3) is 0 Å². The van der Waals surface area contributed by atoms with Gasteiger partial charge < -0.3 is 30.3 Å². The summed E-state index contributed by atoms with van der Waals surface area (Å²) in [6.07, 6.45) is 7.70. The van der Waals surface area contributed by atoms with Gasteiger partial charge in [-0.1, -0.05) is 6.92 Å². The highest BCUT2D eigenvalue weighted by Crippen LogP contribution is 2.25. The third kappa shape index (κ3) is 7.80. The van der Waals surface area contributed by atoms with Crippen molar-refractivity contribution in [3.8, 4) is 5.75 Å². The Labute approximate surface area is 215 Å². The summed E-state index contributed by atoms with van der Waals surface area (Å²) in [5.41, 5.74) is -1.02. The maximum Gasteiger partial charge on any atom is 0.225 e. The van der Waals surface area contributed by atoms with Crippen LogP contribution in [-0.4, -0.2) is 76.3 Å². The van der Waals surface area contributed by atoms with E-state index in [0.717, 1.165) is 68.8 Å². The molecule has 1 aliphatic heterocycles. The van der Waals surface area contributed by atoms with Gasteiger partial charge in [-0.05, 0) is 43.6 Å². The number of hydrogen-bond acceptors (Lipinski definition) is 8. The summed E-state index contributed by atoms with van der Waals surface area (Å²) in [5.74, 6) is -1.38. The minimum atomic E-state index is -1.67. The molecule has 0 aliphatic carbocycles. The molecule has 0 saturated carbocycles. The highest BCUT2D eigenvalue weighted by atomic mass is 19.1. The lowest BCUT2D eigenvalue weighted by Crippen LogP contribution is -2.57. The number of benzene rings is 1. The summed E-state index contributed by atoms with van der Waals surface area (Å²) in [6, 6.07) is 2.07. The van der Waals surface area contributed by atoms with Gasteiger partial charge in [0.15, 0.2) is 0 Å². The molecular formula is C26H36F2N4O5. The summed E-state index contributed by atoms with van der Waals surface area (Å²) in [6.45, 7) is 1.96. The quantitative estimate of drug-likeness (QED) is 0.293. The van der Waals surface area contributed by atoms with Gasteiger partial charge in [0.25, 0.3) is 0 Å². The van der Waals surface area contributed by atoms with Crippen LogP contribution in [0, 0.1) is 17.6 Å². The zero-order chi connectivity index (χ0) is 26.8. The lowest BCUT2D eigenvalue weighted by molar-refractivity contribution is -0.124. The Morgan fingerprint density at radius 2 is 1.70 bits per heavy atom. The third-order valence-corrected chi connectivity index (χ3v) is 6.79. The van der Waals surface area contributed by atoms with Crippen LogP contribution < -0.4 is 15.0 Å². The highest BCUT2D eigenvalue weighted by Gasteiger charge is 2.30. The fraction of sp³-hybridized carbons (Fsp3) is 0.577. The molecule has 3 rings (SSSR count). The Morgan fingerprint density at radius 1 is 1.11 bits per heavy atom. The molecule has 1 fully saturated rings. The average Bonchev–Trinajstić information content (AvgIpc) is 2.92. The van der Waals surface area contributed by atoms with E-state index in [4.69, 9.17) is 4.74 Å². The van der Waals surface area contributed by atoms with Gasteiger partial charge in [0.2, 0.25) is 11.9 Å². The van der Waals surface area contributed by atoms with E-state index >= 15 is 0 Å². The van der Waals surface area contributed by atoms with Crippen LogP contribution in [0.3, 0.4) is 0 Å². The van der Waals surface area contributed by atoms with Crippen LogP contribution in [-0.2, 0) is 17.6 Å². The van der Waals surface area contributed by atoms with Gasteiger partial charge in [0, 0.05) is 43.2 Å². The Morgan fingerprint density at radius 3 is 2.24 bits per heavy atom. The van der Waals surface area contributed by atoms with E-state index in [1.807, 2.05) is 12.4 Å². The molecule has 0 atom stereocenters. The number of rotatable bonds is 13. The largest absolute Gasteiger partial charge is 0.493 e. The first-order chi connectivity index (χ1) is 17.8. The van der Waals surface area contributed by atoms with Gasteiger partial charge >= 0.3 is 0 Å². The standard InChI is InChI=1S/C26H36F2N4O5/c1-2-18-13-29-25(30-14-18)32-7-5-19(6-8-32)4-3-9-37-20-10-22(27)21(23(28)11-20)12-24(36)31-26(15-33,16-34)17-35/h10-11,13-14,19,33-35H,2-9,12,15-17H2,1H3,(H,31,36).